The second-order valence-corrected chi connectivity index (χ2v) is 6.84. The van der Waals surface area contributed by atoms with E-state index < -0.39 is 0 Å². The van der Waals surface area contributed by atoms with Gasteiger partial charge in [0, 0.05) is 13.1 Å². The standard InChI is InChI=1S/C21H23N3O3/c1-13(20-22-17-7-5-4-6-16(17)21(25)23-20)24-9-8-14-10-18(26-2)19(27-3)11-15(14)12-24/h4-7,10-11,13H,8-9,12H2,1-3H3,(H,22,23,25). The lowest BCUT2D eigenvalue weighted by molar-refractivity contribution is 0.184. The summed E-state index contributed by atoms with van der Waals surface area (Å²) in [5.74, 6) is 2.20. The molecule has 27 heavy (non-hydrogen) atoms. The summed E-state index contributed by atoms with van der Waals surface area (Å²) in [6.45, 7) is 3.74. The van der Waals surface area contributed by atoms with Gasteiger partial charge in [-0.05, 0) is 48.7 Å². The Kier molecular flexibility index (Phi) is 4.58. The number of nitrogens with one attached hydrogen (secondary N) is 1. The average molecular weight is 365 g/mol. The van der Waals surface area contributed by atoms with E-state index >= 15 is 0 Å². The largest absolute Gasteiger partial charge is 0.493 e. The van der Waals surface area contributed by atoms with Gasteiger partial charge in [0.15, 0.2) is 11.5 Å². The summed E-state index contributed by atoms with van der Waals surface area (Å²) < 4.78 is 10.9. The Morgan fingerprint density at radius 3 is 2.56 bits per heavy atom. The predicted octanol–water partition coefficient (Wildman–Crippen LogP) is 3.06. The van der Waals surface area contributed by atoms with E-state index in [1.165, 1.54) is 11.1 Å². The van der Waals surface area contributed by atoms with Crippen LogP contribution in [0.1, 0.15) is 29.9 Å². The van der Waals surface area contributed by atoms with Crippen molar-refractivity contribution in [3.05, 3.63) is 63.7 Å². The van der Waals surface area contributed by atoms with Gasteiger partial charge in [0.25, 0.3) is 5.56 Å². The maximum Gasteiger partial charge on any atom is 0.258 e. The molecule has 0 bridgehead atoms. The number of rotatable bonds is 4. The van der Waals surface area contributed by atoms with Crippen LogP contribution in [0.3, 0.4) is 0 Å². The summed E-state index contributed by atoms with van der Waals surface area (Å²) in [5.41, 5.74) is 3.13. The maximum absolute atomic E-state index is 12.4. The molecule has 0 aliphatic carbocycles. The summed E-state index contributed by atoms with van der Waals surface area (Å²) in [4.78, 5) is 22.4. The van der Waals surface area contributed by atoms with Gasteiger partial charge in [0.2, 0.25) is 0 Å². The molecular formula is C21H23N3O3. The van der Waals surface area contributed by atoms with Crippen LogP contribution in [-0.2, 0) is 13.0 Å². The van der Waals surface area contributed by atoms with E-state index in [0.29, 0.717) is 11.2 Å². The maximum atomic E-state index is 12.4. The van der Waals surface area contributed by atoms with Crippen molar-refractivity contribution in [1.29, 1.82) is 0 Å². The number of para-hydroxylation sites is 1. The van der Waals surface area contributed by atoms with E-state index in [2.05, 4.69) is 27.9 Å². The molecule has 6 heteroatoms. The van der Waals surface area contributed by atoms with Gasteiger partial charge in [-0.2, -0.15) is 0 Å². The van der Waals surface area contributed by atoms with E-state index in [0.717, 1.165) is 36.5 Å². The Morgan fingerprint density at radius 1 is 1.11 bits per heavy atom. The van der Waals surface area contributed by atoms with Crippen LogP contribution in [0.2, 0.25) is 0 Å². The minimum absolute atomic E-state index is 0.00329. The van der Waals surface area contributed by atoms with E-state index in [1.54, 1.807) is 20.3 Å². The zero-order valence-electron chi connectivity index (χ0n) is 15.8. The number of aromatic amines is 1. The first-order valence-electron chi connectivity index (χ1n) is 9.07. The molecule has 140 valence electrons. The Morgan fingerprint density at radius 2 is 1.81 bits per heavy atom. The third-order valence-electron chi connectivity index (χ3n) is 5.32. The van der Waals surface area contributed by atoms with Crippen LogP contribution < -0.4 is 15.0 Å². The third-order valence-corrected chi connectivity index (χ3v) is 5.32. The fraction of sp³-hybridized carbons (Fsp3) is 0.333. The highest BCUT2D eigenvalue weighted by molar-refractivity contribution is 5.77. The van der Waals surface area contributed by atoms with E-state index in [1.807, 2.05) is 24.3 Å². The fourth-order valence-corrected chi connectivity index (χ4v) is 3.71. The lowest BCUT2D eigenvalue weighted by Crippen LogP contribution is -2.34. The number of H-pyrrole nitrogens is 1. The molecule has 1 atom stereocenters. The summed E-state index contributed by atoms with van der Waals surface area (Å²) >= 11 is 0. The van der Waals surface area contributed by atoms with Gasteiger partial charge < -0.3 is 14.5 Å². The van der Waals surface area contributed by atoms with Crippen molar-refractivity contribution in [1.82, 2.24) is 14.9 Å². The van der Waals surface area contributed by atoms with Gasteiger partial charge in [0.1, 0.15) is 5.82 Å². The highest BCUT2D eigenvalue weighted by atomic mass is 16.5. The van der Waals surface area contributed by atoms with E-state index in [9.17, 15) is 4.79 Å². The van der Waals surface area contributed by atoms with Gasteiger partial charge in [-0.15, -0.1) is 0 Å². The lowest BCUT2D eigenvalue weighted by Gasteiger charge is -2.33. The molecule has 0 fully saturated rings. The number of benzene rings is 2. The normalized spacial score (nSPS) is 15.4. The molecule has 1 aliphatic rings. The molecule has 0 spiro atoms. The Hall–Kier alpha value is -2.86. The Bertz CT molecular complexity index is 1040. The van der Waals surface area contributed by atoms with Crippen molar-refractivity contribution >= 4 is 10.9 Å². The predicted molar refractivity (Wildman–Crippen MR) is 104 cm³/mol. The molecule has 2 heterocycles. The van der Waals surface area contributed by atoms with Crippen molar-refractivity contribution in [3.63, 3.8) is 0 Å². The molecule has 6 nitrogen and oxygen atoms in total. The van der Waals surface area contributed by atoms with Crippen molar-refractivity contribution in [2.75, 3.05) is 20.8 Å². The van der Waals surface area contributed by atoms with E-state index in [4.69, 9.17) is 9.47 Å². The SMILES string of the molecule is COc1cc2c(cc1OC)CN(C(C)c1nc3ccccc3c(=O)[nH]1)CC2. The minimum atomic E-state index is -0.0914. The zero-order chi connectivity index (χ0) is 19.0. The molecule has 0 saturated carbocycles. The first-order chi connectivity index (χ1) is 13.1. The van der Waals surface area contributed by atoms with Crippen molar-refractivity contribution in [2.24, 2.45) is 0 Å². The number of aromatic nitrogens is 2. The molecule has 1 unspecified atom stereocenters. The second kappa shape index (κ2) is 7.04. The highest BCUT2D eigenvalue weighted by Crippen LogP contribution is 2.35. The number of nitrogens with zero attached hydrogens (tertiary/aromatic N) is 2. The smallest absolute Gasteiger partial charge is 0.258 e. The summed E-state index contributed by atoms with van der Waals surface area (Å²) in [5, 5.41) is 0.620. The summed E-state index contributed by atoms with van der Waals surface area (Å²) in [6, 6.07) is 11.5. The van der Waals surface area contributed by atoms with Gasteiger partial charge in [-0.25, -0.2) is 4.98 Å². The van der Waals surface area contributed by atoms with Crippen LogP contribution in [0.5, 0.6) is 11.5 Å². The molecule has 1 aromatic heterocycles. The monoisotopic (exact) mass is 365 g/mol. The minimum Gasteiger partial charge on any atom is -0.493 e. The zero-order valence-corrected chi connectivity index (χ0v) is 15.8. The number of hydrogen-bond acceptors (Lipinski definition) is 5. The summed E-state index contributed by atoms with van der Waals surface area (Å²) in [7, 11) is 3.31. The Labute approximate surface area is 157 Å². The number of fused-ring (bicyclic) bond motifs is 2. The first kappa shape index (κ1) is 17.5. The molecule has 0 amide bonds. The fourth-order valence-electron chi connectivity index (χ4n) is 3.71. The van der Waals surface area contributed by atoms with Crippen LogP contribution >= 0.6 is 0 Å². The Balaban J connectivity index is 1.65. The molecule has 0 saturated heterocycles. The average Bonchev–Trinajstić information content (AvgIpc) is 2.71. The topological polar surface area (TPSA) is 67.5 Å². The van der Waals surface area contributed by atoms with Crippen LogP contribution in [-0.4, -0.2) is 35.6 Å². The van der Waals surface area contributed by atoms with Crippen molar-refractivity contribution in [3.8, 4) is 11.5 Å². The quantitative estimate of drug-likeness (QED) is 0.770. The molecule has 3 aromatic rings. The van der Waals surface area contributed by atoms with Gasteiger partial charge in [-0.1, -0.05) is 12.1 Å². The summed E-state index contributed by atoms with van der Waals surface area (Å²) in [6.07, 6.45) is 0.915. The van der Waals surface area contributed by atoms with Crippen LogP contribution in [0.15, 0.2) is 41.2 Å². The molecule has 1 N–H and O–H groups in total. The highest BCUT2D eigenvalue weighted by Gasteiger charge is 2.25. The third kappa shape index (κ3) is 3.17. The van der Waals surface area contributed by atoms with Crippen LogP contribution in [0.4, 0.5) is 0 Å². The number of hydrogen-bond donors (Lipinski definition) is 1. The number of methoxy groups -OCH3 is 2. The second-order valence-electron chi connectivity index (χ2n) is 6.84. The van der Waals surface area contributed by atoms with Crippen molar-refractivity contribution < 1.29 is 9.47 Å². The molecule has 4 rings (SSSR count). The van der Waals surface area contributed by atoms with Crippen LogP contribution in [0, 0.1) is 0 Å². The lowest BCUT2D eigenvalue weighted by atomic mass is 9.97. The molecule has 1 aliphatic heterocycles. The van der Waals surface area contributed by atoms with Gasteiger partial charge >= 0.3 is 0 Å². The van der Waals surface area contributed by atoms with E-state index in [-0.39, 0.29) is 11.6 Å². The van der Waals surface area contributed by atoms with Crippen molar-refractivity contribution in [2.45, 2.75) is 25.9 Å². The first-order valence-corrected chi connectivity index (χ1v) is 9.07. The van der Waals surface area contributed by atoms with Gasteiger partial charge in [-0.3, -0.25) is 9.69 Å². The number of ether oxygens (including phenoxy) is 2. The molecular weight excluding hydrogens is 342 g/mol. The molecule has 2 aromatic carbocycles. The molecule has 0 radical (unpaired) electrons. The van der Waals surface area contributed by atoms with Crippen LogP contribution in [0.25, 0.3) is 10.9 Å². The van der Waals surface area contributed by atoms with Gasteiger partial charge in [0.05, 0.1) is 31.2 Å².